The van der Waals surface area contributed by atoms with Gasteiger partial charge in [0.2, 0.25) is 5.91 Å². The molecule has 3 heterocycles. The van der Waals surface area contributed by atoms with Gasteiger partial charge in [0, 0.05) is 6.42 Å². The number of allylic oxidation sites excluding steroid dienone is 11. The number of rotatable bonds is 62. The first kappa shape index (κ1) is 90.4. The van der Waals surface area contributed by atoms with Crippen molar-refractivity contribution >= 4 is 5.91 Å². The van der Waals surface area contributed by atoms with Gasteiger partial charge in [0.15, 0.2) is 18.9 Å². The average Bonchev–Trinajstić information content (AvgIpc) is 0.755. The molecule has 0 aromatic heterocycles. The third-order valence-electron chi connectivity index (χ3n) is 19.5. The van der Waals surface area contributed by atoms with E-state index in [1.54, 1.807) is 6.08 Å². The Morgan fingerprint density at radius 3 is 1.08 bits per heavy atom. The quantitative estimate of drug-likeness (QED) is 0.0199. The molecule has 3 fully saturated rings. The lowest BCUT2D eigenvalue weighted by atomic mass is 9.96. The molecule has 3 aliphatic heterocycles. The molecule has 0 saturated carbocycles. The summed E-state index contributed by atoms with van der Waals surface area (Å²) in [6.45, 7) is 1.72. The highest BCUT2D eigenvalue weighted by molar-refractivity contribution is 5.76. The Balaban J connectivity index is 1.41. The van der Waals surface area contributed by atoms with Gasteiger partial charge in [-0.25, -0.2) is 0 Å². The van der Waals surface area contributed by atoms with Crippen LogP contribution < -0.4 is 5.32 Å². The van der Waals surface area contributed by atoms with Gasteiger partial charge in [-0.2, -0.15) is 0 Å². The van der Waals surface area contributed by atoms with Crippen LogP contribution in [0.1, 0.15) is 296 Å². The molecule has 0 aliphatic carbocycles. The molecule has 1 amide bonds. The van der Waals surface area contributed by atoms with Gasteiger partial charge in [0.1, 0.15) is 73.2 Å². The number of carbonyl (C=O) groups is 1. The highest BCUT2D eigenvalue weighted by Gasteiger charge is 2.53. The number of hydrogen-bond donors (Lipinski definition) is 12. The molecule has 576 valence electrons. The summed E-state index contributed by atoms with van der Waals surface area (Å²) in [6.07, 6.45) is 51.7. The van der Waals surface area contributed by atoms with Crippen molar-refractivity contribution in [1.82, 2.24) is 5.32 Å². The van der Waals surface area contributed by atoms with Crippen molar-refractivity contribution in [3.8, 4) is 0 Å². The predicted octanol–water partition coefficient (Wildman–Crippen LogP) is 12.8. The molecule has 0 radical (unpaired) electrons. The number of amides is 1. The molecule has 19 heteroatoms. The summed E-state index contributed by atoms with van der Waals surface area (Å²) in [7, 11) is 0. The minimum Gasteiger partial charge on any atom is -0.394 e. The lowest BCUT2D eigenvalue weighted by Gasteiger charge is -2.48. The van der Waals surface area contributed by atoms with E-state index in [1.165, 1.54) is 193 Å². The number of unbranched alkanes of at least 4 members (excludes halogenated alkanes) is 36. The van der Waals surface area contributed by atoms with Crippen LogP contribution in [-0.2, 0) is 33.2 Å². The normalized spacial score (nSPS) is 27.0. The number of nitrogens with one attached hydrogen (secondary N) is 1. The summed E-state index contributed by atoms with van der Waals surface area (Å²) in [5.74, 6) is -0.293. The predicted molar refractivity (Wildman–Crippen MR) is 392 cm³/mol. The second-order valence-electron chi connectivity index (χ2n) is 28.2. The fourth-order valence-corrected chi connectivity index (χ4v) is 13.1. The largest absolute Gasteiger partial charge is 0.394 e. The smallest absolute Gasteiger partial charge is 0.220 e. The molecule has 12 N–H and O–H groups in total. The van der Waals surface area contributed by atoms with Crippen LogP contribution in [0, 0.1) is 0 Å². The van der Waals surface area contributed by atoms with Crippen molar-refractivity contribution in [2.45, 2.75) is 401 Å². The number of carbonyl (C=O) groups excluding carboxylic acids is 1. The maximum Gasteiger partial charge on any atom is 0.220 e. The second kappa shape index (κ2) is 60.5. The van der Waals surface area contributed by atoms with Gasteiger partial charge >= 0.3 is 0 Å². The summed E-state index contributed by atoms with van der Waals surface area (Å²) in [5.41, 5.74) is 0. The molecule has 17 atom stereocenters. The van der Waals surface area contributed by atoms with Gasteiger partial charge in [-0.3, -0.25) is 4.79 Å². The first-order chi connectivity index (χ1) is 48.3. The maximum absolute atomic E-state index is 13.5. The fourth-order valence-electron chi connectivity index (χ4n) is 13.1. The van der Waals surface area contributed by atoms with Crippen molar-refractivity contribution < 1.29 is 89.4 Å². The summed E-state index contributed by atoms with van der Waals surface area (Å²) in [4.78, 5) is 13.5. The van der Waals surface area contributed by atoms with Crippen LogP contribution in [-0.4, -0.2) is 193 Å². The second-order valence-corrected chi connectivity index (χ2v) is 28.2. The van der Waals surface area contributed by atoms with Crippen molar-refractivity contribution in [2.24, 2.45) is 0 Å². The van der Waals surface area contributed by atoms with Crippen LogP contribution in [0.25, 0.3) is 0 Å². The van der Waals surface area contributed by atoms with Crippen LogP contribution in [0.5, 0.6) is 0 Å². The van der Waals surface area contributed by atoms with Crippen molar-refractivity contribution in [2.75, 3.05) is 26.4 Å². The summed E-state index contributed by atoms with van der Waals surface area (Å²) < 4.78 is 34.4. The lowest BCUT2D eigenvalue weighted by molar-refractivity contribution is -0.379. The molecular formula is C80H143NO18. The van der Waals surface area contributed by atoms with Crippen LogP contribution in [0.15, 0.2) is 72.9 Å². The van der Waals surface area contributed by atoms with Gasteiger partial charge in [0.25, 0.3) is 0 Å². The van der Waals surface area contributed by atoms with Crippen LogP contribution in [0.3, 0.4) is 0 Å². The number of aliphatic hydroxyl groups excluding tert-OH is 11. The Hall–Kier alpha value is -2.77. The molecule has 3 aliphatic rings. The standard InChI is InChI=1S/C80H143NO18/c1-3-5-7-9-11-13-15-17-19-21-23-25-27-29-30-31-32-34-35-37-39-41-43-45-47-49-51-53-55-57-64(85)63(81-68(86)58-56-54-52-50-48-46-44-42-40-38-36-33-28-26-24-22-20-18-16-14-12-10-8-6-4-2)62-94-78-74(92)71(89)76(66(60-83)96-78)99-80-75(93)72(90)77(67(61-84)97-80)98-79-73(91)70(88)69(87)65(59-82)95-79/h16,18,22,24,28,33,39,41,47,49,55,57,63-67,69-80,82-85,87-93H,3-15,17,19-21,23,25-27,29-32,34-38,40,42-46,48,50-54,56,58-62H2,1-2H3,(H,81,86)/b18-16-,24-22-,33-28-,41-39+,49-47+,57-55+. The fraction of sp³-hybridized carbons (Fsp3) is 0.838. The molecule has 0 bridgehead atoms. The zero-order chi connectivity index (χ0) is 71.8. The third-order valence-corrected chi connectivity index (χ3v) is 19.5. The van der Waals surface area contributed by atoms with E-state index in [0.717, 1.165) is 70.6 Å². The third kappa shape index (κ3) is 40.9. The van der Waals surface area contributed by atoms with Crippen molar-refractivity contribution in [3.63, 3.8) is 0 Å². The monoisotopic (exact) mass is 1410 g/mol. The van der Waals surface area contributed by atoms with Crippen LogP contribution in [0.2, 0.25) is 0 Å². The zero-order valence-electron chi connectivity index (χ0n) is 61.5. The lowest BCUT2D eigenvalue weighted by Crippen LogP contribution is -2.66. The topological polar surface area (TPSA) is 307 Å². The number of ether oxygens (including phenoxy) is 6. The Bertz CT molecular complexity index is 2070. The first-order valence-electron chi connectivity index (χ1n) is 39.7. The van der Waals surface area contributed by atoms with Gasteiger partial charge < -0.3 is 89.9 Å². The van der Waals surface area contributed by atoms with Crippen LogP contribution in [0.4, 0.5) is 0 Å². The number of aliphatic hydroxyl groups is 11. The molecule has 19 nitrogen and oxygen atoms in total. The van der Waals surface area contributed by atoms with E-state index in [-0.39, 0.29) is 18.9 Å². The van der Waals surface area contributed by atoms with Crippen molar-refractivity contribution in [3.05, 3.63) is 72.9 Å². The van der Waals surface area contributed by atoms with E-state index in [1.807, 2.05) is 6.08 Å². The Kier molecular flexibility index (Phi) is 55.3. The van der Waals surface area contributed by atoms with E-state index in [2.05, 4.69) is 79.9 Å². The summed E-state index contributed by atoms with van der Waals surface area (Å²) in [5, 5.41) is 121. The van der Waals surface area contributed by atoms with Gasteiger partial charge in [-0.05, 0) is 83.5 Å². The molecule has 17 unspecified atom stereocenters. The Morgan fingerprint density at radius 2 is 0.677 bits per heavy atom. The van der Waals surface area contributed by atoms with Gasteiger partial charge in [-0.15, -0.1) is 0 Å². The molecule has 0 aromatic rings. The van der Waals surface area contributed by atoms with E-state index >= 15 is 0 Å². The van der Waals surface area contributed by atoms with Crippen molar-refractivity contribution in [1.29, 1.82) is 0 Å². The van der Waals surface area contributed by atoms with Gasteiger partial charge in [0.05, 0.1) is 38.6 Å². The van der Waals surface area contributed by atoms with E-state index in [4.69, 9.17) is 28.4 Å². The van der Waals surface area contributed by atoms with E-state index in [0.29, 0.717) is 12.8 Å². The average molecular weight is 1410 g/mol. The highest BCUT2D eigenvalue weighted by atomic mass is 16.8. The maximum atomic E-state index is 13.5. The molecule has 0 aromatic carbocycles. The van der Waals surface area contributed by atoms with E-state index in [9.17, 15) is 61.0 Å². The SMILES string of the molecule is CCCCCCC/C=C\C/C=C\C/C=C\CCCCCCCCCCCCC(=O)NC(COC1OC(CO)C(OC2OC(CO)C(OC3OC(CO)C(O)C(O)C3O)C(O)C2O)C(O)C1O)C(O)/C=C/CC/C=C/CC/C=C/CCCCCCCCCCCCCCCCCCCCC. The minimum absolute atomic E-state index is 0.225. The summed E-state index contributed by atoms with van der Waals surface area (Å²) in [6, 6.07) is -1.00. The Morgan fingerprint density at radius 1 is 0.364 bits per heavy atom. The molecular weight excluding hydrogens is 1260 g/mol. The summed E-state index contributed by atoms with van der Waals surface area (Å²) >= 11 is 0. The molecule has 0 spiro atoms. The number of hydrogen-bond acceptors (Lipinski definition) is 18. The van der Waals surface area contributed by atoms with E-state index < -0.39 is 124 Å². The molecule has 3 rings (SSSR count). The molecule has 3 saturated heterocycles. The van der Waals surface area contributed by atoms with Crippen LogP contribution >= 0.6 is 0 Å². The van der Waals surface area contributed by atoms with Gasteiger partial charge in [-0.1, -0.05) is 279 Å². The first-order valence-corrected chi connectivity index (χ1v) is 39.7. The minimum atomic E-state index is -1.99. The molecule has 99 heavy (non-hydrogen) atoms. The highest BCUT2D eigenvalue weighted by Crippen LogP contribution is 2.33. The Labute approximate surface area is 598 Å². The zero-order valence-corrected chi connectivity index (χ0v) is 61.5.